The first-order valence-corrected chi connectivity index (χ1v) is 7.81. The minimum Gasteiger partial charge on any atom is -0.444 e. The lowest BCUT2D eigenvalue weighted by molar-refractivity contribution is 0.0522. The highest BCUT2D eigenvalue weighted by Crippen LogP contribution is 2.22. The van der Waals surface area contributed by atoms with E-state index in [0.29, 0.717) is 6.04 Å². The fraction of sp³-hybridized carbons (Fsp3) is 0.750. The fourth-order valence-electron chi connectivity index (χ4n) is 2.11. The van der Waals surface area contributed by atoms with Crippen LogP contribution in [0.2, 0.25) is 0 Å². The van der Waals surface area contributed by atoms with E-state index < -0.39 is 5.60 Å². The van der Waals surface area contributed by atoms with Crippen LogP contribution >= 0.6 is 0 Å². The topological polar surface area (TPSA) is 68.2 Å². The zero-order valence-electron chi connectivity index (χ0n) is 14.4. The minimum atomic E-state index is -0.455. The van der Waals surface area contributed by atoms with Crippen molar-refractivity contribution >= 4 is 6.09 Å². The van der Waals surface area contributed by atoms with Gasteiger partial charge in [-0.2, -0.15) is 5.10 Å². The highest BCUT2D eigenvalue weighted by atomic mass is 16.6. The number of carbonyl (C=O) groups excluding carboxylic acids is 1. The summed E-state index contributed by atoms with van der Waals surface area (Å²) in [7, 11) is 0. The average molecular weight is 308 g/mol. The van der Waals surface area contributed by atoms with Crippen LogP contribution < -0.4 is 10.6 Å². The van der Waals surface area contributed by atoms with E-state index in [2.05, 4.69) is 42.7 Å². The van der Waals surface area contributed by atoms with Crippen LogP contribution in [0.25, 0.3) is 0 Å². The van der Waals surface area contributed by atoms with E-state index in [1.165, 1.54) is 0 Å². The standard InChI is InChI=1S/C16H28N4O2/c1-15(2,3)20-10-11(9-18-20)8-17-12-7-13(12)19-14(21)22-16(4,5)6/h9-10,12-13,17H,7-8H2,1-6H3,(H,19,21). The first-order valence-electron chi connectivity index (χ1n) is 7.81. The molecule has 1 aromatic heterocycles. The van der Waals surface area contributed by atoms with Gasteiger partial charge in [-0.3, -0.25) is 4.68 Å². The van der Waals surface area contributed by atoms with E-state index in [1.54, 1.807) is 0 Å². The Morgan fingerprint density at radius 3 is 2.55 bits per heavy atom. The number of alkyl carbamates (subject to hydrolysis) is 1. The molecular formula is C16H28N4O2. The smallest absolute Gasteiger partial charge is 0.407 e. The van der Waals surface area contributed by atoms with Crippen LogP contribution in [0, 0.1) is 0 Å². The van der Waals surface area contributed by atoms with E-state index in [9.17, 15) is 4.79 Å². The van der Waals surface area contributed by atoms with Crippen LogP contribution in [-0.4, -0.2) is 33.6 Å². The van der Waals surface area contributed by atoms with Gasteiger partial charge in [0.25, 0.3) is 0 Å². The predicted molar refractivity (Wildman–Crippen MR) is 85.6 cm³/mol. The van der Waals surface area contributed by atoms with Crippen molar-refractivity contribution in [2.75, 3.05) is 0 Å². The molecule has 0 radical (unpaired) electrons. The molecule has 1 saturated carbocycles. The van der Waals surface area contributed by atoms with Crippen molar-refractivity contribution in [3.05, 3.63) is 18.0 Å². The van der Waals surface area contributed by atoms with Gasteiger partial charge in [0.1, 0.15) is 5.60 Å². The maximum absolute atomic E-state index is 11.7. The number of nitrogens with zero attached hydrogens (tertiary/aromatic N) is 2. The van der Waals surface area contributed by atoms with Crippen molar-refractivity contribution in [2.24, 2.45) is 0 Å². The Labute approximate surface area is 132 Å². The molecule has 1 aliphatic carbocycles. The van der Waals surface area contributed by atoms with Gasteiger partial charge >= 0.3 is 6.09 Å². The Hall–Kier alpha value is -1.56. The molecule has 2 unspecified atom stereocenters. The largest absolute Gasteiger partial charge is 0.444 e. The molecule has 2 atom stereocenters. The zero-order chi connectivity index (χ0) is 16.5. The molecule has 0 bridgehead atoms. The summed E-state index contributed by atoms with van der Waals surface area (Å²) in [6.07, 6.45) is 4.54. The number of amides is 1. The summed E-state index contributed by atoms with van der Waals surface area (Å²) < 4.78 is 7.21. The summed E-state index contributed by atoms with van der Waals surface area (Å²) in [5, 5.41) is 10.7. The van der Waals surface area contributed by atoms with Gasteiger partial charge in [0.15, 0.2) is 0 Å². The number of hydrogen-bond acceptors (Lipinski definition) is 4. The molecule has 2 rings (SSSR count). The maximum atomic E-state index is 11.7. The number of ether oxygens (including phenoxy) is 1. The third kappa shape index (κ3) is 5.02. The van der Waals surface area contributed by atoms with E-state index in [4.69, 9.17) is 4.74 Å². The molecule has 6 heteroatoms. The second kappa shape index (κ2) is 5.91. The lowest BCUT2D eigenvalue weighted by atomic mass is 10.1. The molecule has 1 fully saturated rings. The number of carbonyl (C=O) groups is 1. The van der Waals surface area contributed by atoms with Crippen molar-refractivity contribution in [2.45, 2.75) is 77.7 Å². The molecule has 6 nitrogen and oxygen atoms in total. The average Bonchev–Trinajstić information content (AvgIpc) is 2.86. The van der Waals surface area contributed by atoms with Crippen LogP contribution in [0.3, 0.4) is 0 Å². The molecule has 1 aromatic rings. The van der Waals surface area contributed by atoms with Crippen molar-refractivity contribution < 1.29 is 9.53 Å². The SMILES string of the molecule is CC(C)(C)OC(=O)NC1CC1NCc1cnn(C(C)(C)C)c1. The van der Waals surface area contributed by atoms with Gasteiger partial charge in [0, 0.05) is 30.4 Å². The summed E-state index contributed by atoms with van der Waals surface area (Å²) in [6, 6.07) is 0.470. The van der Waals surface area contributed by atoms with Crippen LogP contribution in [-0.2, 0) is 16.8 Å². The van der Waals surface area contributed by atoms with Gasteiger partial charge in [0.2, 0.25) is 0 Å². The lowest BCUT2D eigenvalue weighted by Gasteiger charge is -2.19. The molecule has 0 saturated heterocycles. The number of aromatic nitrogens is 2. The summed E-state index contributed by atoms with van der Waals surface area (Å²) in [5.74, 6) is 0. The second-order valence-electron chi connectivity index (χ2n) is 7.94. The summed E-state index contributed by atoms with van der Waals surface area (Å²) in [6.45, 7) is 12.7. The van der Waals surface area contributed by atoms with Gasteiger partial charge in [-0.05, 0) is 48.0 Å². The fourth-order valence-corrected chi connectivity index (χ4v) is 2.11. The van der Waals surface area contributed by atoms with Crippen LogP contribution in [0.1, 0.15) is 53.5 Å². The summed E-state index contributed by atoms with van der Waals surface area (Å²) in [4.78, 5) is 11.7. The van der Waals surface area contributed by atoms with Crippen LogP contribution in [0.15, 0.2) is 12.4 Å². The summed E-state index contributed by atoms with van der Waals surface area (Å²) in [5.41, 5.74) is 0.695. The van der Waals surface area contributed by atoms with Crippen LogP contribution in [0.4, 0.5) is 4.79 Å². The molecule has 0 spiro atoms. The van der Waals surface area contributed by atoms with Gasteiger partial charge < -0.3 is 15.4 Å². The molecular weight excluding hydrogens is 280 g/mol. The first kappa shape index (κ1) is 16.8. The molecule has 1 heterocycles. The number of hydrogen-bond donors (Lipinski definition) is 2. The van der Waals surface area contributed by atoms with E-state index in [-0.39, 0.29) is 17.7 Å². The second-order valence-corrected chi connectivity index (χ2v) is 7.94. The monoisotopic (exact) mass is 308 g/mol. The van der Waals surface area contributed by atoms with E-state index in [0.717, 1.165) is 18.5 Å². The van der Waals surface area contributed by atoms with Crippen molar-refractivity contribution in [3.8, 4) is 0 Å². The summed E-state index contributed by atoms with van der Waals surface area (Å²) >= 11 is 0. The van der Waals surface area contributed by atoms with Gasteiger partial charge in [0.05, 0.1) is 11.7 Å². The third-order valence-corrected chi connectivity index (χ3v) is 3.38. The van der Waals surface area contributed by atoms with Gasteiger partial charge in [-0.15, -0.1) is 0 Å². The van der Waals surface area contributed by atoms with E-state index >= 15 is 0 Å². The van der Waals surface area contributed by atoms with Crippen LogP contribution in [0.5, 0.6) is 0 Å². The lowest BCUT2D eigenvalue weighted by Crippen LogP contribution is -2.36. The van der Waals surface area contributed by atoms with Gasteiger partial charge in [-0.1, -0.05) is 0 Å². The maximum Gasteiger partial charge on any atom is 0.407 e. The van der Waals surface area contributed by atoms with Crippen molar-refractivity contribution in [1.82, 2.24) is 20.4 Å². The first-order chi connectivity index (χ1) is 10.0. The highest BCUT2D eigenvalue weighted by molar-refractivity contribution is 5.68. The molecule has 124 valence electrons. The molecule has 2 N–H and O–H groups in total. The van der Waals surface area contributed by atoms with E-state index in [1.807, 2.05) is 31.6 Å². The third-order valence-electron chi connectivity index (χ3n) is 3.38. The Morgan fingerprint density at radius 2 is 2.00 bits per heavy atom. The minimum absolute atomic E-state index is 0.00135. The normalized spacial score (nSPS) is 21.5. The Bertz CT molecular complexity index is 525. The Balaban J connectivity index is 1.72. The number of rotatable bonds is 4. The molecule has 0 aromatic carbocycles. The van der Waals surface area contributed by atoms with Crippen molar-refractivity contribution in [1.29, 1.82) is 0 Å². The zero-order valence-corrected chi connectivity index (χ0v) is 14.4. The molecule has 1 aliphatic rings. The van der Waals surface area contributed by atoms with Gasteiger partial charge in [-0.25, -0.2) is 4.79 Å². The number of nitrogens with one attached hydrogen (secondary N) is 2. The molecule has 1 amide bonds. The highest BCUT2D eigenvalue weighted by Gasteiger charge is 2.38. The quantitative estimate of drug-likeness (QED) is 0.896. The van der Waals surface area contributed by atoms with Crippen molar-refractivity contribution in [3.63, 3.8) is 0 Å². The predicted octanol–water partition coefficient (Wildman–Crippen LogP) is 2.39. The Morgan fingerprint density at radius 1 is 1.32 bits per heavy atom. The Kier molecular flexibility index (Phi) is 4.52. The molecule has 0 aliphatic heterocycles. The molecule has 22 heavy (non-hydrogen) atoms.